The van der Waals surface area contributed by atoms with E-state index in [9.17, 15) is 24.0 Å². The maximum absolute atomic E-state index is 12.4. The number of hydrogen-bond donors (Lipinski definition) is 2. The molecule has 0 saturated carbocycles. The van der Waals surface area contributed by atoms with E-state index in [1.807, 2.05) is 12.1 Å². The van der Waals surface area contributed by atoms with Crippen LogP contribution in [0.5, 0.6) is 0 Å². The summed E-state index contributed by atoms with van der Waals surface area (Å²) in [6.07, 6.45) is -4.73. The molecule has 36 heavy (non-hydrogen) atoms. The predicted octanol–water partition coefficient (Wildman–Crippen LogP) is 0.694. The van der Waals surface area contributed by atoms with Gasteiger partial charge in [0.05, 0.1) is 0 Å². The minimum absolute atomic E-state index is 0.154. The molecule has 1 aliphatic rings. The Morgan fingerprint density at radius 2 is 1.42 bits per heavy atom. The molecule has 1 aromatic rings. The lowest BCUT2D eigenvalue weighted by molar-refractivity contribution is -0.271. The van der Waals surface area contributed by atoms with Crippen LogP contribution in [0.15, 0.2) is 24.3 Å². The van der Waals surface area contributed by atoms with Crippen LogP contribution in [0.1, 0.15) is 38.1 Å². The van der Waals surface area contributed by atoms with Crippen molar-refractivity contribution in [2.75, 3.05) is 19.7 Å². The topological polar surface area (TPSA) is 156 Å². The highest BCUT2D eigenvalue weighted by molar-refractivity contribution is 14.1. The molecule has 0 aliphatic carbocycles. The second-order valence-electron chi connectivity index (χ2n) is 7.85. The summed E-state index contributed by atoms with van der Waals surface area (Å²) in [5.74, 6) is -2.97. The number of halogens is 1. The molecule has 1 fully saturated rings. The zero-order chi connectivity index (χ0) is 26.8. The van der Waals surface area contributed by atoms with Gasteiger partial charge in [-0.25, -0.2) is 0 Å². The summed E-state index contributed by atoms with van der Waals surface area (Å²) >= 11 is 2.14. The number of carbonyl (C=O) groups excluding carboxylic acids is 5. The second kappa shape index (κ2) is 14.1. The summed E-state index contributed by atoms with van der Waals surface area (Å²) in [6.45, 7) is 4.65. The Hall–Kier alpha value is -2.78. The highest BCUT2D eigenvalue weighted by Crippen LogP contribution is 2.28. The van der Waals surface area contributed by atoms with Gasteiger partial charge in [0.2, 0.25) is 6.29 Å². The molecule has 1 unspecified atom stereocenters. The monoisotopic (exact) mass is 620 g/mol. The summed E-state index contributed by atoms with van der Waals surface area (Å²) in [4.78, 5) is 59.2. The fraction of sp³-hybridized carbons (Fsp3) is 0.522. The lowest BCUT2D eigenvalue weighted by atomic mass is 9.96. The number of ether oxygens (including phenoxy) is 5. The Balaban J connectivity index is 2.19. The zero-order valence-electron chi connectivity index (χ0n) is 20.3. The van der Waals surface area contributed by atoms with Crippen molar-refractivity contribution in [2.24, 2.45) is 0 Å². The van der Waals surface area contributed by atoms with Gasteiger partial charge in [0, 0.05) is 49.9 Å². The summed E-state index contributed by atoms with van der Waals surface area (Å²) in [5.41, 5.74) is 0.482. The van der Waals surface area contributed by atoms with Gasteiger partial charge in [-0.1, -0.05) is 0 Å². The fourth-order valence-corrected chi connectivity index (χ4v) is 3.86. The molecule has 1 saturated heterocycles. The first kappa shape index (κ1) is 29.5. The normalized spacial score (nSPS) is 23.2. The van der Waals surface area contributed by atoms with Crippen molar-refractivity contribution in [1.29, 1.82) is 0 Å². The van der Waals surface area contributed by atoms with E-state index >= 15 is 0 Å². The van der Waals surface area contributed by atoms with E-state index in [0.29, 0.717) is 5.56 Å². The van der Waals surface area contributed by atoms with Gasteiger partial charge < -0.3 is 34.3 Å². The van der Waals surface area contributed by atoms with Gasteiger partial charge >= 0.3 is 23.9 Å². The Morgan fingerprint density at radius 3 is 1.97 bits per heavy atom. The SMILES string of the molecule is CC(=O)OC[C@H]1OC(OC(C)=O)[C@H](NCCNC(=O)c2ccc(I)cc2)[C@@H](OC(C)=O)[C@@H]1OC(C)=O. The number of benzene rings is 1. The van der Waals surface area contributed by atoms with Crippen molar-refractivity contribution >= 4 is 52.4 Å². The van der Waals surface area contributed by atoms with E-state index in [2.05, 4.69) is 33.2 Å². The number of hydrogen-bond acceptors (Lipinski definition) is 11. The number of carbonyl (C=O) groups is 5. The molecule has 5 atom stereocenters. The summed E-state index contributed by atoms with van der Waals surface area (Å²) in [6, 6.07) is 6.02. The quantitative estimate of drug-likeness (QED) is 0.164. The number of esters is 4. The first-order chi connectivity index (χ1) is 17.0. The van der Waals surface area contributed by atoms with E-state index in [0.717, 1.165) is 10.5 Å². The molecule has 0 radical (unpaired) electrons. The van der Waals surface area contributed by atoms with E-state index in [-0.39, 0.29) is 25.6 Å². The maximum atomic E-state index is 12.4. The largest absolute Gasteiger partial charge is 0.463 e. The van der Waals surface area contributed by atoms with Gasteiger partial charge in [0.25, 0.3) is 5.91 Å². The first-order valence-electron chi connectivity index (χ1n) is 11.1. The van der Waals surface area contributed by atoms with Gasteiger partial charge in [-0.2, -0.15) is 0 Å². The van der Waals surface area contributed by atoms with Crippen molar-refractivity contribution in [3.05, 3.63) is 33.4 Å². The van der Waals surface area contributed by atoms with Crippen molar-refractivity contribution in [3.63, 3.8) is 0 Å². The lowest BCUT2D eigenvalue weighted by Crippen LogP contribution is -2.66. The zero-order valence-corrected chi connectivity index (χ0v) is 22.4. The molecule has 0 spiro atoms. The minimum Gasteiger partial charge on any atom is -0.463 e. The average molecular weight is 620 g/mol. The lowest BCUT2D eigenvalue weighted by Gasteiger charge is -2.44. The van der Waals surface area contributed by atoms with Crippen molar-refractivity contribution in [3.8, 4) is 0 Å². The van der Waals surface area contributed by atoms with Crippen LogP contribution in [0.25, 0.3) is 0 Å². The van der Waals surface area contributed by atoms with E-state index in [1.165, 1.54) is 20.8 Å². The molecule has 1 aliphatic heterocycles. The first-order valence-corrected chi connectivity index (χ1v) is 12.1. The van der Waals surface area contributed by atoms with Crippen molar-refractivity contribution in [2.45, 2.75) is 58.3 Å². The third-order valence-corrected chi connectivity index (χ3v) is 5.60. The number of rotatable bonds is 10. The third kappa shape index (κ3) is 9.35. The summed E-state index contributed by atoms with van der Waals surface area (Å²) < 4.78 is 27.9. The third-order valence-electron chi connectivity index (χ3n) is 4.88. The van der Waals surface area contributed by atoms with Crippen LogP contribution in [0.4, 0.5) is 0 Å². The molecule has 198 valence electrons. The van der Waals surface area contributed by atoms with Crippen molar-refractivity contribution < 1.29 is 47.7 Å². The molecule has 2 rings (SSSR count). The Labute approximate surface area is 221 Å². The molecule has 1 heterocycles. The summed E-state index contributed by atoms with van der Waals surface area (Å²) in [5, 5.41) is 5.79. The van der Waals surface area contributed by atoms with Gasteiger partial charge in [-0.05, 0) is 46.9 Å². The van der Waals surface area contributed by atoms with Gasteiger partial charge in [-0.15, -0.1) is 0 Å². The van der Waals surface area contributed by atoms with E-state index in [4.69, 9.17) is 23.7 Å². The smallest absolute Gasteiger partial charge is 0.304 e. The van der Waals surface area contributed by atoms with Crippen LogP contribution in [0.3, 0.4) is 0 Å². The van der Waals surface area contributed by atoms with Crippen LogP contribution in [0.2, 0.25) is 0 Å². The van der Waals surface area contributed by atoms with Gasteiger partial charge in [-0.3, -0.25) is 24.0 Å². The Kier molecular flexibility index (Phi) is 11.5. The maximum Gasteiger partial charge on any atom is 0.304 e. The highest BCUT2D eigenvalue weighted by atomic mass is 127. The van der Waals surface area contributed by atoms with Gasteiger partial charge in [0.15, 0.2) is 12.2 Å². The predicted molar refractivity (Wildman–Crippen MR) is 131 cm³/mol. The molecule has 0 aromatic heterocycles. The van der Waals surface area contributed by atoms with Crippen LogP contribution in [0, 0.1) is 3.57 Å². The minimum atomic E-state index is -1.29. The molecule has 1 amide bonds. The summed E-state index contributed by atoms with van der Waals surface area (Å²) in [7, 11) is 0. The molecule has 13 heteroatoms. The molecule has 0 bridgehead atoms. The molecule has 2 N–H and O–H groups in total. The number of amides is 1. The van der Waals surface area contributed by atoms with Crippen LogP contribution >= 0.6 is 22.6 Å². The Morgan fingerprint density at radius 1 is 0.833 bits per heavy atom. The molecular weight excluding hydrogens is 591 g/mol. The van der Waals surface area contributed by atoms with E-state index < -0.39 is 54.5 Å². The number of nitrogens with one attached hydrogen (secondary N) is 2. The Bertz CT molecular complexity index is 955. The molecule has 12 nitrogen and oxygen atoms in total. The standard InChI is InChI=1S/C23H29IN2O10/c1-12(27)32-11-18-20(33-13(2)28)21(34-14(3)29)19(23(36-18)35-15(4)30)25-9-10-26-22(31)16-5-7-17(24)8-6-16/h5-8,18-21,23,25H,9-11H2,1-4H3,(H,26,31)/t18-,19-,20-,21-,23?/m1/s1. The fourth-order valence-electron chi connectivity index (χ4n) is 3.50. The van der Waals surface area contributed by atoms with Crippen LogP contribution < -0.4 is 10.6 Å². The average Bonchev–Trinajstić information content (AvgIpc) is 2.77. The van der Waals surface area contributed by atoms with Crippen LogP contribution in [-0.4, -0.2) is 80.1 Å². The van der Waals surface area contributed by atoms with E-state index in [1.54, 1.807) is 12.1 Å². The molecular formula is C23H29IN2O10. The van der Waals surface area contributed by atoms with Crippen LogP contribution in [-0.2, 0) is 42.9 Å². The highest BCUT2D eigenvalue weighted by Gasteiger charge is 2.51. The van der Waals surface area contributed by atoms with Gasteiger partial charge in [0.1, 0.15) is 18.8 Å². The van der Waals surface area contributed by atoms with Crippen molar-refractivity contribution in [1.82, 2.24) is 10.6 Å². The molecule has 1 aromatic carbocycles. The second-order valence-corrected chi connectivity index (χ2v) is 9.09.